The average molecular weight is 281 g/mol. The summed E-state index contributed by atoms with van der Waals surface area (Å²) in [5, 5.41) is 12.7. The smallest absolute Gasteiger partial charge is 0.161 e. The first-order valence-corrected chi connectivity index (χ1v) is 7.18. The molecule has 0 aliphatic rings. The SMILES string of the molecule is CCC(CO)(CCCOc1ccc(C)cc1OC)NC. The van der Waals surface area contributed by atoms with Gasteiger partial charge in [-0.25, -0.2) is 0 Å². The lowest BCUT2D eigenvalue weighted by Crippen LogP contribution is -2.46. The molecule has 20 heavy (non-hydrogen) atoms. The van der Waals surface area contributed by atoms with E-state index in [4.69, 9.17) is 9.47 Å². The van der Waals surface area contributed by atoms with Crippen molar-refractivity contribution in [3.8, 4) is 11.5 Å². The second kappa shape index (κ2) is 8.12. The zero-order chi connectivity index (χ0) is 15.0. The van der Waals surface area contributed by atoms with Gasteiger partial charge in [0, 0.05) is 5.54 Å². The number of aliphatic hydroxyl groups excluding tert-OH is 1. The summed E-state index contributed by atoms with van der Waals surface area (Å²) >= 11 is 0. The molecule has 1 unspecified atom stereocenters. The van der Waals surface area contributed by atoms with Gasteiger partial charge in [-0.15, -0.1) is 0 Å². The monoisotopic (exact) mass is 281 g/mol. The molecule has 1 aromatic rings. The summed E-state index contributed by atoms with van der Waals surface area (Å²) in [4.78, 5) is 0. The quantitative estimate of drug-likeness (QED) is 0.683. The van der Waals surface area contributed by atoms with Crippen LogP contribution >= 0.6 is 0 Å². The van der Waals surface area contributed by atoms with E-state index in [0.29, 0.717) is 6.61 Å². The maximum absolute atomic E-state index is 9.48. The van der Waals surface area contributed by atoms with E-state index in [9.17, 15) is 5.11 Å². The fourth-order valence-electron chi connectivity index (χ4n) is 2.24. The third-order valence-corrected chi connectivity index (χ3v) is 3.89. The number of hydrogen-bond donors (Lipinski definition) is 2. The first-order chi connectivity index (χ1) is 9.60. The van der Waals surface area contributed by atoms with Gasteiger partial charge >= 0.3 is 0 Å². The highest BCUT2D eigenvalue weighted by Crippen LogP contribution is 2.28. The van der Waals surface area contributed by atoms with E-state index in [-0.39, 0.29) is 12.1 Å². The minimum Gasteiger partial charge on any atom is -0.493 e. The fourth-order valence-corrected chi connectivity index (χ4v) is 2.24. The van der Waals surface area contributed by atoms with E-state index >= 15 is 0 Å². The van der Waals surface area contributed by atoms with Crippen LogP contribution in [0.5, 0.6) is 11.5 Å². The molecule has 0 bridgehead atoms. The van der Waals surface area contributed by atoms with Crippen LogP contribution in [-0.4, -0.2) is 38.0 Å². The number of ether oxygens (including phenoxy) is 2. The minimum atomic E-state index is -0.194. The Morgan fingerprint density at radius 2 is 2.05 bits per heavy atom. The van der Waals surface area contributed by atoms with Crippen molar-refractivity contribution in [3.63, 3.8) is 0 Å². The molecule has 0 aliphatic heterocycles. The zero-order valence-corrected chi connectivity index (χ0v) is 13.0. The lowest BCUT2D eigenvalue weighted by atomic mass is 9.92. The highest BCUT2D eigenvalue weighted by molar-refractivity contribution is 5.42. The van der Waals surface area contributed by atoms with E-state index in [2.05, 4.69) is 12.2 Å². The molecule has 0 saturated heterocycles. The van der Waals surface area contributed by atoms with Gasteiger partial charge in [0.15, 0.2) is 11.5 Å². The van der Waals surface area contributed by atoms with E-state index < -0.39 is 0 Å². The van der Waals surface area contributed by atoms with Crippen LogP contribution in [0.1, 0.15) is 31.7 Å². The topological polar surface area (TPSA) is 50.7 Å². The predicted octanol–water partition coefficient (Wildman–Crippen LogP) is 2.52. The van der Waals surface area contributed by atoms with Crippen molar-refractivity contribution in [2.24, 2.45) is 0 Å². The van der Waals surface area contributed by atoms with Crippen LogP contribution in [0.3, 0.4) is 0 Å². The Kier molecular flexibility index (Phi) is 6.82. The number of rotatable bonds is 9. The van der Waals surface area contributed by atoms with Crippen molar-refractivity contribution in [1.29, 1.82) is 0 Å². The molecule has 0 fully saturated rings. The molecule has 0 spiro atoms. The molecule has 0 heterocycles. The fraction of sp³-hybridized carbons (Fsp3) is 0.625. The summed E-state index contributed by atoms with van der Waals surface area (Å²) < 4.78 is 11.1. The molecular formula is C16H27NO3. The standard InChI is InChI=1S/C16H27NO3/c1-5-16(12-18,17-3)9-6-10-20-14-8-7-13(2)11-15(14)19-4/h7-8,11,17-18H,5-6,9-10,12H2,1-4H3. The molecule has 2 N–H and O–H groups in total. The number of methoxy groups -OCH3 is 1. The Labute approximate surface area is 122 Å². The number of aryl methyl sites for hydroxylation is 1. The van der Waals surface area contributed by atoms with Gasteiger partial charge in [-0.05, 0) is 50.9 Å². The summed E-state index contributed by atoms with van der Waals surface area (Å²) in [5.74, 6) is 1.54. The van der Waals surface area contributed by atoms with Gasteiger partial charge in [0.1, 0.15) is 0 Å². The molecule has 0 saturated carbocycles. The molecule has 1 rings (SSSR count). The lowest BCUT2D eigenvalue weighted by Gasteiger charge is -2.30. The second-order valence-electron chi connectivity index (χ2n) is 5.15. The zero-order valence-electron chi connectivity index (χ0n) is 13.0. The average Bonchev–Trinajstić information content (AvgIpc) is 2.49. The van der Waals surface area contributed by atoms with Gasteiger partial charge < -0.3 is 19.9 Å². The Morgan fingerprint density at radius 1 is 1.30 bits per heavy atom. The number of aliphatic hydroxyl groups is 1. The molecule has 114 valence electrons. The number of benzene rings is 1. The highest BCUT2D eigenvalue weighted by atomic mass is 16.5. The minimum absolute atomic E-state index is 0.147. The molecule has 0 aliphatic carbocycles. The summed E-state index contributed by atoms with van der Waals surface area (Å²) in [6.07, 6.45) is 2.66. The van der Waals surface area contributed by atoms with E-state index in [0.717, 1.165) is 36.3 Å². The van der Waals surface area contributed by atoms with E-state index in [1.807, 2.05) is 32.2 Å². The van der Waals surface area contributed by atoms with Gasteiger partial charge in [-0.1, -0.05) is 13.0 Å². The summed E-state index contributed by atoms with van der Waals surface area (Å²) in [6.45, 7) is 4.86. The van der Waals surface area contributed by atoms with Crippen LogP contribution in [0.15, 0.2) is 18.2 Å². The Hall–Kier alpha value is -1.26. The van der Waals surface area contributed by atoms with Crippen LogP contribution in [0, 0.1) is 6.92 Å². The van der Waals surface area contributed by atoms with Crippen molar-refractivity contribution in [3.05, 3.63) is 23.8 Å². The maximum atomic E-state index is 9.48. The molecule has 4 nitrogen and oxygen atoms in total. The number of likely N-dealkylation sites (N-methyl/N-ethyl adjacent to an activating group) is 1. The van der Waals surface area contributed by atoms with Gasteiger partial charge in [0.05, 0.1) is 20.3 Å². The van der Waals surface area contributed by atoms with Gasteiger partial charge in [-0.2, -0.15) is 0 Å². The van der Waals surface area contributed by atoms with Gasteiger partial charge in [0.2, 0.25) is 0 Å². The van der Waals surface area contributed by atoms with Crippen LogP contribution in [0.4, 0.5) is 0 Å². The van der Waals surface area contributed by atoms with E-state index in [1.54, 1.807) is 7.11 Å². The second-order valence-corrected chi connectivity index (χ2v) is 5.15. The molecule has 0 amide bonds. The molecule has 1 aromatic carbocycles. The first-order valence-electron chi connectivity index (χ1n) is 7.18. The van der Waals surface area contributed by atoms with Crippen molar-refractivity contribution in [2.75, 3.05) is 27.4 Å². The lowest BCUT2D eigenvalue weighted by molar-refractivity contribution is 0.145. The number of nitrogens with one attached hydrogen (secondary N) is 1. The largest absolute Gasteiger partial charge is 0.493 e. The third-order valence-electron chi connectivity index (χ3n) is 3.89. The van der Waals surface area contributed by atoms with Gasteiger partial charge in [0.25, 0.3) is 0 Å². The van der Waals surface area contributed by atoms with Gasteiger partial charge in [-0.3, -0.25) is 0 Å². The predicted molar refractivity (Wildman–Crippen MR) is 81.6 cm³/mol. The normalized spacial score (nSPS) is 13.8. The van der Waals surface area contributed by atoms with Crippen LogP contribution in [0.25, 0.3) is 0 Å². The number of hydrogen-bond acceptors (Lipinski definition) is 4. The summed E-state index contributed by atoms with van der Waals surface area (Å²) in [5.41, 5.74) is 0.954. The highest BCUT2D eigenvalue weighted by Gasteiger charge is 2.24. The van der Waals surface area contributed by atoms with Crippen molar-refractivity contribution in [1.82, 2.24) is 5.32 Å². The maximum Gasteiger partial charge on any atom is 0.161 e. The molecule has 4 heteroatoms. The van der Waals surface area contributed by atoms with Crippen LogP contribution < -0.4 is 14.8 Å². The summed E-state index contributed by atoms with van der Waals surface area (Å²) in [7, 11) is 3.54. The van der Waals surface area contributed by atoms with E-state index in [1.165, 1.54) is 0 Å². The molecular weight excluding hydrogens is 254 g/mol. The third kappa shape index (κ3) is 4.39. The Morgan fingerprint density at radius 3 is 2.60 bits per heavy atom. The molecule has 0 radical (unpaired) electrons. The Balaban J connectivity index is 2.49. The van der Waals surface area contributed by atoms with Crippen molar-refractivity contribution >= 4 is 0 Å². The Bertz CT molecular complexity index is 394. The summed E-state index contributed by atoms with van der Waals surface area (Å²) in [6, 6.07) is 5.91. The molecule has 1 atom stereocenters. The van der Waals surface area contributed by atoms with Crippen LogP contribution in [-0.2, 0) is 0 Å². The first kappa shape index (κ1) is 16.8. The van der Waals surface area contributed by atoms with Crippen molar-refractivity contribution in [2.45, 2.75) is 38.6 Å². The van der Waals surface area contributed by atoms with Crippen LogP contribution in [0.2, 0.25) is 0 Å². The molecule has 0 aromatic heterocycles. The van der Waals surface area contributed by atoms with Crippen molar-refractivity contribution < 1.29 is 14.6 Å².